The molecule has 3 aromatic rings. The Bertz CT molecular complexity index is 1170. The van der Waals surface area contributed by atoms with Gasteiger partial charge in [0.1, 0.15) is 0 Å². The lowest BCUT2D eigenvalue weighted by Gasteiger charge is -2.32. The summed E-state index contributed by atoms with van der Waals surface area (Å²) in [5.74, 6) is 0.119. The minimum absolute atomic E-state index is 0.0894. The van der Waals surface area contributed by atoms with Crippen LogP contribution in [-0.2, 0) is 11.3 Å². The van der Waals surface area contributed by atoms with Crippen LogP contribution in [0.2, 0.25) is 0 Å². The van der Waals surface area contributed by atoms with Crippen molar-refractivity contribution in [3.63, 3.8) is 0 Å². The van der Waals surface area contributed by atoms with Crippen LogP contribution in [0.4, 0.5) is 11.4 Å². The molecule has 0 spiro atoms. The highest BCUT2D eigenvalue weighted by atomic mass is 16.2. The van der Waals surface area contributed by atoms with E-state index < -0.39 is 0 Å². The average Bonchev–Trinajstić information content (AvgIpc) is 2.89. The molecule has 3 aromatic carbocycles. The van der Waals surface area contributed by atoms with E-state index >= 15 is 0 Å². The third-order valence-electron chi connectivity index (χ3n) is 6.30. The first-order valence-corrected chi connectivity index (χ1v) is 12.0. The van der Waals surface area contributed by atoms with E-state index in [1.807, 2.05) is 30.3 Å². The monoisotopic (exact) mass is 468 g/mol. The van der Waals surface area contributed by atoms with Crippen LogP contribution >= 0.6 is 0 Å². The van der Waals surface area contributed by atoms with E-state index in [1.165, 1.54) is 11.6 Å². The van der Waals surface area contributed by atoms with Crippen LogP contribution in [0, 0.1) is 5.92 Å². The van der Waals surface area contributed by atoms with Gasteiger partial charge in [-0.1, -0.05) is 54.6 Å². The van der Waals surface area contributed by atoms with E-state index in [0.717, 1.165) is 38.0 Å². The number of nitrogens with zero attached hydrogens (tertiary/aromatic N) is 1. The van der Waals surface area contributed by atoms with Gasteiger partial charge in [0, 0.05) is 24.7 Å². The van der Waals surface area contributed by atoms with Gasteiger partial charge in [-0.2, -0.15) is 0 Å². The average molecular weight is 469 g/mol. The second-order valence-electron chi connectivity index (χ2n) is 8.95. The number of piperidine rings is 1. The molecular formula is C29H32N4O2. The van der Waals surface area contributed by atoms with Crippen molar-refractivity contribution in [2.45, 2.75) is 19.4 Å². The number of carbonyl (C=O) groups is 2. The number of rotatable bonds is 8. The molecule has 6 heteroatoms. The second kappa shape index (κ2) is 12.0. The Kier molecular flexibility index (Phi) is 8.30. The highest BCUT2D eigenvalue weighted by Crippen LogP contribution is 2.19. The molecule has 6 nitrogen and oxygen atoms in total. The molecule has 1 aliphatic heterocycles. The molecule has 2 amide bonds. The summed E-state index contributed by atoms with van der Waals surface area (Å²) in [6.45, 7) is 3.76. The van der Waals surface area contributed by atoms with Gasteiger partial charge in [0.15, 0.2) is 0 Å². The predicted octanol–water partition coefficient (Wildman–Crippen LogP) is 4.56. The number of benzene rings is 3. The standard InChI is InChI=1S/C29H32N4O2/c30-26-11-4-5-12-27(26)32-28(34)14-13-22-9-6-10-25(19-22)29(35)31-20-23-15-17-33(18-16-23)21-24-7-2-1-3-8-24/h1-14,19,23H,15-18,20-21,30H2,(H,31,35)(H,32,34)/b14-13+. The van der Waals surface area contributed by atoms with Gasteiger partial charge in [0.25, 0.3) is 5.91 Å². The largest absolute Gasteiger partial charge is 0.397 e. The Morgan fingerprint density at radius 3 is 2.46 bits per heavy atom. The smallest absolute Gasteiger partial charge is 0.251 e. The molecule has 0 saturated carbocycles. The molecule has 4 N–H and O–H groups in total. The Hall–Kier alpha value is -3.90. The maximum Gasteiger partial charge on any atom is 0.251 e. The number of amides is 2. The number of para-hydroxylation sites is 2. The molecule has 0 bridgehead atoms. The lowest BCUT2D eigenvalue weighted by Crippen LogP contribution is -2.38. The summed E-state index contributed by atoms with van der Waals surface area (Å²) in [7, 11) is 0. The zero-order chi connectivity index (χ0) is 24.5. The summed E-state index contributed by atoms with van der Waals surface area (Å²) < 4.78 is 0. The van der Waals surface area contributed by atoms with Crippen LogP contribution in [0.15, 0.2) is 84.9 Å². The first-order chi connectivity index (χ1) is 17.1. The number of anilines is 2. The molecule has 1 heterocycles. The molecule has 1 aliphatic rings. The van der Waals surface area contributed by atoms with Crippen LogP contribution in [0.5, 0.6) is 0 Å². The van der Waals surface area contributed by atoms with Crippen molar-refractivity contribution >= 4 is 29.3 Å². The normalized spacial score (nSPS) is 14.6. The summed E-state index contributed by atoms with van der Waals surface area (Å²) in [5.41, 5.74) is 9.65. The van der Waals surface area contributed by atoms with E-state index in [-0.39, 0.29) is 11.8 Å². The van der Waals surface area contributed by atoms with Gasteiger partial charge in [0.2, 0.25) is 5.91 Å². The third-order valence-corrected chi connectivity index (χ3v) is 6.30. The van der Waals surface area contributed by atoms with Gasteiger partial charge < -0.3 is 16.4 Å². The first kappa shape index (κ1) is 24.2. The van der Waals surface area contributed by atoms with Crippen LogP contribution in [-0.4, -0.2) is 36.3 Å². The maximum atomic E-state index is 12.7. The number of nitrogens with two attached hydrogens (primary N) is 1. The number of carbonyl (C=O) groups excluding carboxylic acids is 2. The molecule has 180 valence electrons. The fourth-order valence-corrected chi connectivity index (χ4v) is 4.27. The molecule has 0 aromatic heterocycles. The van der Waals surface area contributed by atoms with E-state index in [1.54, 1.807) is 30.3 Å². The Morgan fingerprint density at radius 2 is 1.69 bits per heavy atom. The van der Waals surface area contributed by atoms with E-state index in [2.05, 4.69) is 39.8 Å². The van der Waals surface area contributed by atoms with Gasteiger partial charge >= 0.3 is 0 Å². The Balaban J connectivity index is 1.23. The number of likely N-dealkylation sites (tertiary alicyclic amines) is 1. The lowest BCUT2D eigenvalue weighted by molar-refractivity contribution is -0.111. The molecule has 0 aliphatic carbocycles. The number of hydrogen-bond acceptors (Lipinski definition) is 4. The zero-order valence-corrected chi connectivity index (χ0v) is 19.8. The summed E-state index contributed by atoms with van der Waals surface area (Å²) >= 11 is 0. The topological polar surface area (TPSA) is 87.5 Å². The fraction of sp³-hybridized carbons (Fsp3) is 0.241. The van der Waals surface area contributed by atoms with Crippen molar-refractivity contribution in [2.24, 2.45) is 5.92 Å². The number of nitrogen functional groups attached to an aromatic ring is 1. The predicted molar refractivity (Wildman–Crippen MR) is 142 cm³/mol. The van der Waals surface area contributed by atoms with Crippen molar-refractivity contribution in [3.8, 4) is 0 Å². The minimum atomic E-state index is -0.281. The SMILES string of the molecule is Nc1ccccc1NC(=O)/C=C/c1cccc(C(=O)NCC2CCN(Cc3ccccc3)CC2)c1. The molecule has 0 atom stereocenters. The molecule has 0 radical (unpaired) electrons. The van der Waals surface area contributed by atoms with Crippen molar-refractivity contribution in [1.82, 2.24) is 10.2 Å². The van der Waals surface area contributed by atoms with Gasteiger partial charge in [-0.3, -0.25) is 14.5 Å². The van der Waals surface area contributed by atoms with Gasteiger partial charge in [-0.25, -0.2) is 0 Å². The van der Waals surface area contributed by atoms with E-state index in [0.29, 0.717) is 29.4 Å². The van der Waals surface area contributed by atoms with Crippen LogP contribution in [0.25, 0.3) is 6.08 Å². The van der Waals surface area contributed by atoms with Crippen molar-refractivity contribution in [1.29, 1.82) is 0 Å². The van der Waals surface area contributed by atoms with Gasteiger partial charge in [0.05, 0.1) is 11.4 Å². The second-order valence-corrected chi connectivity index (χ2v) is 8.95. The summed E-state index contributed by atoms with van der Waals surface area (Å²) in [6, 6.07) is 24.9. The zero-order valence-electron chi connectivity index (χ0n) is 19.8. The lowest BCUT2D eigenvalue weighted by atomic mass is 9.96. The van der Waals surface area contributed by atoms with Crippen LogP contribution in [0.1, 0.15) is 34.3 Å². The fourth-order valence-electron chi connectivity index (χ4n) is 4.27. The quantitative estimate of drug-likeness (QED) is 0.334. The molecule has 4 rings (SSSR count). The highest BCUT2D eigenvalue weighted by molar-refractivity contribution is 6.03. The van der Waals surface area contributed by atoms with Crippen LogP contribution in [0.3, 0.4) is 0 Å². The summed E-state index contributed by atoms with van der Waals surface area (Å²) in [6.07, 6.45) is 5.29. The molecule has 0 unspecified atom stereocenters. The third kappa shape index (κ3) is 7.29. The molecule has 35 heavy (non-hydrogen) atoms. The first-order valence-electron chi connectivity index (χ1n) is 12.0. The Labute approximate surface area is 206 Å². The summed E-state index contributed by atoms with van der Waals surface area (Å²) in [4.78, 5) is 27.4. The van der Waals surface area contributed by atoms with Crippen molar-refractivity contribution < 1.29 is 9.59 Å². The minimum Gasteiger partial charge on any atom is -0.397 e. The number of nitrogens with one attached hydrogen (secondary N) is 2. The highest BCUT2D eigenvalue weighted by Gasteiger charge is 2.20. The van der Waals surface area contributed by atoms with Gasteiger partial charge in [-0.15, -0.1) is 0 Å². The summed E-state index contributed by atoms with van der Waals surface area (Å²) in [5, 5.41) is 5.85. The van der Waals surface area contributed by atoms with Crippen molar-refractivity contribution in [2.75, 3.05) is 30.7 Å². The number of hydrogen-bond donors (Lipinski definition) is 3. The van der Waals surface area contributed by atoms with E-state index in [9.17, 15) is 9.59 Å². The van der Waals surface area contributed by atoms with E-state index in [4.69, 9.17) is 5.73 Å². The molecule has 1 saturated heterocycles. The Morgan fingerprint density at radius 1 is 0.943 bits per heavy atom. The van der Waals surface area contributed by atoms with Crippen molar-refractivity contribution in [3.05, 3.63) is 102 Å². The maximum absolute atomic E-state index is 12.7. The van der Waals surface area contributed by atoms with Gasteiger partial charge in [-0.05, 0) is 73.3 Å². The van der Waals surface area contributed by atoms with Crippen LogP contribution < -0.4 is 16.4 Å². The molecule has 1 fully saturated rings. The molecular weight excluding hydrogens is 436 g/mol.